The second-order valence-electron chi connectivity index (χ2n) is 18.6. The van der Waals surface area contributed by atoms with E-state index in [-0.39, 0.29) is 38.4 Å². The Hall–Kier alpha value is -2.28. The molecule has 0 aromatic heterocycles. The molecule has 2 atom stereocenters. The predicted molar refractivity (Wildman–Crippen MR) is 200 cm³/mol. The maximum absolute atomic E-state index is 14.1. The largest absolute Gasteiger partial charge is 0.462 e. The van der Waals surface area contributed by atoms with Gasteiger partial charge in [0.05, 0.1) is 70.9 Å². The zero-order valence-electron chi connectivity index (χ0n) is 35.8. The van der Waals surface area contributed by atoms with Gasteiger partial charge in [-0.2, -0.15) is 10.1 Å². The minimum absolute atomic E-state index is 0.150. The first-order valence-corrected chi connectivity index (χ1v) is 19.8. The molecule has 56 heavy (non-hydrogen) atoms. The van der Waals surface area contributed by atoms with Crippen molar-refractivity contribution in [2.24, 2.45) is 17.3 Å². The number of esters is 3. The van der Waals surface area contributed by atoms with E-state index >= 15 is 0 Å². The Labute approximate surface area is 332 Å². The average molecular weight is 801 g/mol. The summed E-state index contributed by atoms with van der Waals surface area (Å²) in [7, 11) is 4.81. The SMILES string of the molecule is COCC1OCC2(CO1)COC(COC(=O)CC(CC(CC(C)=O)C(=O)OC1CC(C)(C)N(OC)C(C)(C)C1)C(=O)OC1CC(C)(C)N(OC)C(C)(C)C1)OC2. The van der Waals surface area contributed by atoms with Gasteiger partial charge in [0.25, 0.3) is 0 Å². The Balaban J connectivity index is 1.46. The first-order chi connectivity index (χ1) is 26.0. The van der Waals surface area contributed by atoms with Gasteiger partial charge in [0, 0.05) is 61.4 Å². The van der Waals surface area contributed by atoms with Gasteiger partial charge in [-0.25, -0.2) is 0 Å². The van der Waals surface area contributed by atoms with Gasteiger partial charge in [-0.05, 0) is 68.7 Å². The fourth-order valence-electron chi connectivity index (χ4n) is 9.41. The molecule has 0 aromatic rings. The van der Waals surface area contributed by atoms with E-state index in [9.17, 15) is 19.2 Å². The third kappa shape index (κ3) is 11.9. The molecular weight excluding hydrogens is 732 g/mol. The summed E-state index contributed by atoms with van der Waals surface area (Å²) < 4.78 is 46.2. The lowest BCUT2D eigenvalue weighted by atomic mass is 9.80. The summed E-state index contributed by atoms with van der Waals surface area (Å²) in [4.78, 5) is 65.5. The predicted octanol–water partition coefficient (Wildman–Crippen LogP) is 4.15. The number of hydrogen-bond donors (Lipinski definition) is 0. The molecule has 0 N–H and O–H groups in total. The molecule has 0 radical (unpaired) electrons. The number of ketones is 1. The van der Waals surface area contributed by atoms with E-state index < -0.39 is 88.5 Å². The summed E-state index contributed by atoms with van der Waals surface area (Å²) in [6.07, 6.45) is -1.03. The number of hydrogen-bond acceptors (Lipinski definition) is 16. The number of piperidine rings is 2. The van der Waals surface area contributed by atoms with Gasteiger partial charge in [-0.15, -0.1) is 0 Å². The van der Waals surface area contributed by atoms with E-state index in [0.29, 0.717) is 45.5 Å². The van der Waals surface area contributed by atoms with E-state index in [1.807, 2.05) is 65.5 Å². The Bertz CT molecular complexity index is 1310. The van der Waals surface area contributed by atoms with Crippen LogP contribution < -0.4 is 0 Å². The third-order valence-corrected chi connectivity index (χ3v) is 11.2. The number of ether oxygens (including phenoxy) is 8. The number of carbonyl (C=O) groups excluding carboxylic acids is 4. The third-order valence-electron chi connectivity index (χ3n) is 11.2. The van der Waals surface area contributed by atoms with E-state index in [1.54, 1.807) is 21.3 Å². The molecule has 16 heteroatoms. The van der Waals surface area contributed by atoms with Crippen LogP contribution in [0.2, 0.25) is 0 Å². The van der Waals surface area contributed by atoms with Crippen LogP contribution in [0.15, 0.2) is 0 Å². The van der Waals surface area contributed by atoms with Crippen molar-refractivity contribution in [1.29, 1.82) is 0 Å². The van der Waals surface area contributed by atoms with Crippen molar-refractivity contribution in [3.8, 4) is 0 Å². The van der Waals surface area contributed by atoms with Crippen molar-refractivity contribution in [3.63, 3.8) is 0 Å². The zero-order chi connectivity index (χ0) is 41.7. The standard InChI is InChI=1S/C40H68N2O14/c1-26(43)13-27(34(45)55-29-16-36(2,3)41(48-11)37(4,5)17-29)14-28(35(46)56-30-18-38(6,7)42(49-12)39(8,9)19-30)15-31(44)50-21-33-53-24-40(25-54-33)22-51-32(20-47-10)52-23-40/h27-30,32-33H,13-25H2,1-12H3. The number of hydroxylamine groups is 4. The molecule has 0 saturated carbocycles. The van der Waals surface area contributed by atoms with E-state index in [2.05, 4.69) is 0 Å². The van der Waals surface area contributed by atoms with Crippen LogP contribution in [0.25, 0.3) is 0 Å². The minimum atomic E-state index is -1.11. The quantitative estimate of drug-likeness (QED) is 0.161. The molecule has 16 nitrogen and oxygen atoms in total. The van der Waals surface area contributed by atoms with Gasteiger partial charge in [-0.3, -0.25) is 14.4 Å². The number of Topliss-reactive ketones (excluding diaryl/α,β-unsaturated/α-hetero) is 1. The highest BCUT2D eigenvalue weighted by atomic mass is 16.7. The molecule has 0 aliphatic carbocycles. The first kappa shape index (κ1) is 46.4. The highest BCUT2D eigenvalue weighted by molar-refractivity contribution is 5.84. The topological polar surface area (TPSA) is 167 Å². The Morgan fingerprint density at radius 3 is 1.34 bits per heavy atom. The number of methoxy groups -OCH3 is 1. The fraction of sp³-hybridized carbons (Fsp3) is 0.900. The molecule has 4 rings (SSSR count). The van der Waals surface area contributed by atoms with Crippen LogP contribution in [0.1, 0.15) is 107 Å². The molecule has 4 saturated heterocycles. The van der Waals surface area contributed by atoms with E-state index in [0.717, 1.165) is 0 Å². The van der Waals surface area contributed by atoms with E-state index in [4.69, 9.17) is 47.6 Å². The number of carbonyl (C=O) groups is 4. The maximum Gasteiger partial charge on any atom is 0.309 e. The summed E-state index contributed by atoms with van der Waals surface area (Å²) in [6, 6.07) is 0. The van der Waals surface area contributed by atoms with Crippen molar-refractivity contribution in [1.82, 2.24) is 10.1 Å². The van der Waals surface area contributed by atoms with Crippen molar-refractivity contribution in [3.05, 3.63) is 0 Å². The molecular formula is C40H68N2O14. The Kier molecular flexibility index (Phi) is 15.5. The smallest absolute Gasteiger partial charge is 0.309 e. The molecule has 4 heterocycles. The number of nitrogens with zero attached hydrogens (tertiary/aromatic N) is 2. The van der Waals surface area contributed by atoms with Crippen LogP contribution in [-0.4, -0.2) is 142 Å². The van der Waals surface area contributed by atoms with Crippen molar-refractivity contribution in [2.45, 2.75) is 154 Å². The second kappa shape index (κ2) is 18.8. The van der Waals surface area contributed by atoms with Crippen LogP contribution in [0.4, 0.5) is 0 Å². The molecule has 1 spiro atoms. The highest BCUT2D eigenvalue weighted by Crippen LogP contribution is 2.42. The molecule has 4 fully saturated rings. The van der Waals surface area contributed by atoms with Gasteiger partial charge in [0.1, 0.15) is 24.6 Å². The average Bonchev–Trinajstić information content (AvgIpc) is 3.06. The van der Waals surface area contributed by atoms with Crippen LogP contribution in [0.3, 0.4) is 0 Å². The minimum Gasteiger partial charge on any atom is -0.462 e. The highest BCUT2D eigenvalue weighted by Gasteiger charge is 2.50. The van der Waals surface area contributed by atoms with Crippen LogP contribution >= 0.6 is 0 Å². The molecule has 2 unspecified atom stereocenters. The van der Waals surface area contributed by atoms with Gasteiger partial charge in [0.2, 0.25) is 0 Å². The molecule has 0 amide bonds. The van der Waals surface area contributed by atoms with Crippen molar-refractivity contribution in [2.75, 3.05) is 61.0 Å². The summed E-state index contributed by atoms with van der Waals surface area (Å²) in [5, 5.41) is 3.81. The van der Waals surface area contributed by atoms with Crippen molar-refractivity contribution < 1.29 is 66.7 Å². The molecule has 4 aliphatic heterocycles. The van der Waals surface area contributed by atoms with Crippen LogP contribution in [0.5, 0.6) is 0 Å². The summed E-state index contributed by atoms with van der Waals surface area (Å²) in [6.45, 7) is 18.8. The second-order valence-corrected chi connectivity index (χ2v) is 18.6. The van der Waals surface area contributed by atoms with Crippen molar-refractivity contribution >= 4 is 23.7 Å². The summed E-state index contributed by atoms with van der Waals surface area (Å²) >= 11 is 0. The molecule has 4 aliphatic rings. The summed E-state index contributed by atoms with van der Waals surface area (Å²) in [5.41, 5.74) is -2.35. The van der Waals surface area contributed by atoms with E-state index in [1.165, 1.54) is 6.92 Å². The molecule has 0 bridgehead atoms. The first-order valence-electron chi connectivity index (χ1n) is 19.8. The maximum atomic E-state index is 14.1. The Morgan fingerprint density at radius 1 is 0.607 bits per heavy atom. The molecule has 0 aromatic carbocycles. The Morgan fingerprint density at radius 2 is 0.982 bits per heavy atom. The lowest BCUT2D eigenvalue weighted by molar-refractivity contribution is -0.311. The monoisotopic (exact) mass is 800 g/mol. The summed E-state index contributed by atoms with van der Waals surface area (Å²) in [5.74, 6) is -4.32. The van der Waals surface area contributed by atoms with Gasteiger partial charge >= 0.3 is 17.9 Å². The van der Waals surface area contributed by atoms with Gasteiger partial charge in [0.15, 0.2) is 12.6 Å². The van der Waals surface area contributed by atoms with Gasteiger partial charge in [-0.1, -0.05) is 0 Å². The van der Waals surface area contributed by atoms with Gasteiger partial charge < -0.3 is 52.4 Å². The number of rotatable bonds is 16. The molecule has 322 valence electrons. The lowest BCUT2D eigenvalue weighted by Crippen LogP contribution is -2.61. The fourth-order valence-corrected chi connectivity index (χ4v) is 9.41. The zero-order valence-corrected chi connectivity index (χ0v) is 35.8. The van der Waals surface area contributed by atoms with Crippen LogP contribution in [0, 0.1) is 17.3 Å². The normalized spacial score (nSPS) is 29.3. The lowest BCUT2D eigenvalue weighted by Gasteiger charge is -2.52. The van der Waals surface area contributed by atoms with Crippen LogP contribution in [-0.2, 0) is 66.7 Å².